The minimum atomic E-state index is -0.156. The van der Waals surface area contributed by atoms with Crippen LogP contribution in [0.1, 0.15) is 78.1 Å². The summed E-state index contributed by atoms with van der Waals surface area (Å²) in [4.78, 5) is 10.7. The summed E-state index contributed by atoms with van der Waals surface area (Å²) in [5.41, 5.74) is 5.74. The zero-order chi connectivity index (χ0) is 12.9. The van der Waals surface area contributed by atoms with Gasteiger partial charge in [-0.1, -0.05) is 64.7 Å². The van der Waals surface area contributed by atoms with Gasteiger partial charge in [0.1, 0.15) is 0 Å². The fourth-order valence-corrected chi connectivity index (χ4v) is 2.01. The van der Waals surface area contributed by atoms with Crippen LogP contribution in [0.5, 0.6) is 0 Å². The van der Waals surface area contributed by atoms with Crippen LogP contribution in [0.25, 0.3) is 0 Å². The lowest BCUT2D eigenvalue weighted by Gasteiger charge is -2.11. The molecule has 0 saturated carbocycles. The van der Waals surface area contributed by atoms with Gasteiger partial charge < -0.3 is 11.1 Å². The van der Waals surface area contributed by atoms with E-state index >= 15 is 0 Å². The Morgan fingerprint density at radius 1 is 1.00 bits per heavy atom. The number of nitrogens with one attached hydrogen (secondary N) is 1. The molecule has 0 fully saturated rings. The van der Waals surface area contributed by atoms with Crippen LogP contribution in [0.4, 0.5) is 0 Å². The molecule has 0 radical (unpaired) electrons. The van der Waals surface area contributed by atoms with Gasteiger partial charge in [0.25, 0.3) is 0 Å². The Bertz CT molecular complexity index is 183. The number of hydrogen-bond acceptors (Lipinski definition) is 2. The van der Waals surface area contributed by atoms with Crippen molar-refractivity contribution in [3.8, 4) is 0 Å². The van der Waals surface area contributed by atoms with E-state index in [0.717, 1.165) is 12.8 Å². The normalized spacial score (nSPS) is 12.4. The topological polar surface area (TPSA) is 55.1 Å². The van der Waals surface area contributed by atoms with Crippen molar-refractivity contribution in [3.05, 3.63) is 0 Å². The van der Waals surface area contributed by atoms with Crippen molar-refractivity contribution in [2.24, 2.45) is 5.73 Å². The largest absolute Gasteiger partial charge is 0.341 e. The van der Waals surface area contributed by atoms with Crippen molar-refractivity contribution in [1.82, 2.24) is 5.32 Å². The first kappa shape index (κ1) is 16.4. The Labute approximate surface area is 107 Å². The molecule has 0 aliphatic heterocycles. The maximum Gasteiger partial charge on any atom is 0.218 e. The molecule has 3 heteroatoms. The second kappa shape index (κ2) is 11.9. The second-order valence-electron chi connectivity index (χ2n) is 4.92. The number of unbranched alkanes of at least 4 members (excludes halogenated alkanes) is 8. The molecule has 1 unspecified atom stereocenters. The van der Waals surface area contributed by atoms with Crippen LogP contribution in [-0.4, -0.2) is 12.1 Å². The fraction of sp³-hybridized carbons (Fsp3) is 0.929. The molecule has 3 nitrogen and oxygen atoms in total. The summed E-state index contributed by atoms with van der Waals surface area (Å²) in [6, 6.07) is 0. The zero-order valence-electron chi connectivity index (χ0n) is 11.6. The molecule has 0 aromatic heterocycles. The molecule has 0 aliphatic rings. The van der Waals surface area contributed by atoms with Gasteiger partial charge in [0, 0.05) is 6.92 Å². The summed E-state index contributed by atoms with van der Waals surface area (Å²) in [6.45, 7) is 3.76. The van der Waals surface area contributed by atoms with Crippen LogP contribution >= 0.6 is 0 Å². The van der Waals surface area contributed by atoms with Crippen LogP contribution < -0.4 is 11.1 Å². The van der Waals surface area contributed by atoms with Gasteiger partial charge in [-0.05, 0) is 6.42 Å². The molecule has 0 rings (SSSR count). The standard InChI is InChI=1S/C14H30N2O/c1-3-4-5-6-7-8-9-10-11-12-14(15)16-13(2)17/h14H,3-12,15H2,1-2H3,(H,16,17). The van der Waals surface area contributed by atoms with Crippen molar-refractivity contribution < 1.29 is 4.79 Å². The van der Waals surface area contributed by atoms with Crippen LogP contribution in [0, 0.1) is 0 Å². The molecular formula is C14H30N2O. The third-order valence-corrected chi connectivity index (χ3v) is 3.01. The summed E-state index contributed by atoms with van der Waals surface area (Å²) in [5, 5.41) is 2.71. The fourth-order valence-electron chi connectivity index (χ4n) is 2.01. The molecule has 0 aliphatic carbocycles. The van der Waals surface area contributed by atoms with Crippen LogP contribution in [0.2, 0.25) is 0 Å². The molecule has 0 aromatic carbocycles. The van der Waals surface area contributed by atoms with Gasteiger partial charge in [0.15, 0.2) is 0 Å². The van der Waals surface area contributed by atoms with Gasteiger partial charge >= 0.3 is 0 Å². The van der Waals surface area contributed by atoms with E-state index in [1.807, 2.05) is 0 Å². The minimum absolute atomic E-state index is 0.0339. The summed E-state index contributed by atoms with van der Waals surface area (Å²) >= 11 is 0. The zero-order valence-corrected chi connectivity index (χ0v) is 11.6. The Balaban J connectivity index is 3.10. The first-order valence-electron chi connectivity index (χ1n) is 7.19. The van der Waals surface area contributed by atoms with Gasteiger partial charge in [0.2, 0.25) is 5.91 Å². The molecule has 3 N–H and O–H groups in total. The van der Waals surface area contributed by atoms with Gasteiger partial charge in [0.05, 0.1) is 6.17 Å². The van der Waals surface area contributed by atoms with Gasteiger partial charge in [-0.3, -0.25) is 4.79 Å². The molecule has 1 amide bonds. The van der Waals surface area contributed by atoms with Gasteiger partial charge in [-0.2, -0.15) is 0 Å². The lowest BCUT2D eigenvalue weighted by atomic mass is 10.1. The highest BCUT2D eigenvalue weighted by Gasteiger charge is 2.02. The van der Waals surface area contributed by atoms with Crippen molar-refractivity contribution in [3.63, 3.8) is 0 Å². The molecule has 0 aromatic rings. The summed E-state index contributed by atoms with van der Waals surface area (Å²) in [7, 11) is 0. The average Bonchev–Trinajstić information content (AvgIpc) is 2.26. The Hall–Kier alpha value is -0.570. The summed E-state index contributed by atoms with van der Waals surface area (Å²) < 4.78 is 0. The Kier molecular flexibility index (Phi) is 11.5. The van der Waals surface area contributed by atoms with E-state index in [9.17, 15) is 4.79 Å². The quantitative estimate of drug-likeness (QED) is 0.431. The summed E-state index contributed by atoms with van der Waals surface area (Å²) in [6.07, 6.45) is 12.6. The van der Waals surface area contributed by atoms with E-state index in [1.54, 1.807) is 0 Å². The smallest absolute Gasteiger partial charge is 0.218 e. The SMILES string of the molecule is CCCCCCCCCCCC(N)NC(C)=O. The average molecular weight is 242 g/mol. The second-order valence-corrected chi connectivity index (χ2v) is 4.92. The van der Waals surface area contributed by atoms with Crippen LogP contribution in [0.3, 0.4) is 0 Å². The van der Waals surface area contributed by atoms with Crippen molar-refractivity contribution in [1.29, 1.82) is 0 Å². The van der Waals surface area contributed by atoms with E-state index in [2.05, 4.69) is 12.2 Å². The molecule has 1 atom stereocenters. The molecule has 0 spiro atoms. The van der Waals surface area contributed by atoms with Crippen molar-refractivity contribution in [2.75, 3.05) is 0 Å². The first-order valence-corrected chi connectivity index (χ1v) is 7.19. The van der Waals surface area contributed by atoms with Crippen LogP contribution in [0.15, 0.2) is 0 Å². The molecule has 0 heterocycles. The van der Waals surface area contributed by atoms with E-state index in [1.165, 1.54) is 58.3 Å². The molecule has 0 bridgehead atoms. The Morgan fingerprint density at radius 3 is 1.94 bits per heavy atom. The minimum Gasteiger partial charge on any atom is -0.341 e. The number of rotatable bonds is 11. The molecule has 102 valence electrons. The third kappa shape index (κ3) is 13.4. The van der Waals surface area contributed by atoms with E-state index in [4.69, 9.17) is 5.73 Å². The van der Waals surface area contributed by atoms with E-state index < -0.39 is 0 Å². The predicted molar refractivity (Wildman–Crippen MR) is 73.6 cm³/mol. The lowest BCUT2D eigenvalue weighted by molar-refractivity contribution is -0.119. The highest BCUT2D eigenvalue weighted by atomic mass is 16.1. The highest BCUT2D eigenvalue weighted by molar-refractivity contribution is 5.73. The van der Waals surface area contributed by atoms with Gasteiger partial charge in [-0.25, -0.2) is 0 Å². The number of carbonyl (C=O) groups is 1. The summed E-state index contributed by atoms with van der Waals surface area (Å²) in [5.74, 6) is -0.0339. The van der Waals surface area contributed by atoms with E-state index in [-0.39, 0.29) is 12.1 Å². The highest BCUT2D eigenvalue weighted by Crippen LogP contribution is 2.10. The first-order chi connectivity index (χ1) is 8.16. The van der Waals surface area contributed by atoms with Crippen molar-refractivity contribution in [2.45, 2.75) is 84.2 Å². The van der Waals surface area contributed by atoms with E-state index in [0.29, 0.717) is 0 Å². The number of nitrogens with two attached hydrogens (primary N) is 1. The van der Waals surface area contributed by atoms with Gasteiger partial charge in [-0.15, -0.1) is 0 Å². The number of carbonyl (C=O) groups excluding carboxylic acids is 1. The van der Waals surface area contributed by atoms with Crippen LogP contribution in [-0.2, 0) is 4.79 Å². The molecule has 0 saturated heterocycles. The maximum absolute atomic E-state index is 10.7. The lowest BCUT2D eigenvalue weighted by Crippen LogP contribution is -2.40. The molecule has 17 heavy (non-hydrogen) atoms. The maximum atomic E-state index is 10.7. The Morgan fingerprint density at radius 2 is 1.47 bits per heavy atom. The molecular weight excluding hydrogens is 212 g/mol. The third-order valence-electron chi connectivity index (χ3n) is 3.01. The number of amides is 1. The van der Waals surface area contributed by atoms with Crippen molar-refractivity contribution >= 4 is 5.91 Å². The monoisotopic (exact) mass is 242 g/mol. The number of hydrogen-bond donors (Lipinski definition) is 2. The predicted octanol–water partition coefficient (Wildman–Crippen LogP) is 3.33.